The average Bonchev–Trinajstić information content (AvgIpc) is 3.22. The second-order valence-corrected chi connectivity index (χ2v) is 10.1. The largest absolute Gasteiger partial charge is 0.494 e. The van der Waals surface area contributed by atoms with Crippen molar-refractivity contribution in [1.82, 2.24) is 5.32 Å². The summed E-state index contributed by atoms with van der Waals surface area (Å²) in [5.74, 6) is -0.0586. The van der Waals surface area contributed by atoms with Crippen LogP contribution in [-0.2, 0) is 16.0 Å². The Bertz CT molecular complexity index is 1340. The van der Waals surface area contributed by atoms with Crippen LogP contribution in [0.5, 0.6) is 5.75 Å². The van der Waals surface area contributed by atoms with Crippen LogP contribution >= 0.6 is 23.4 Å². The molecule has 1 aliphatic rings. The van der Waals surface area contributed by atoms with E-state index in [9.17, 15) is 14.9 Å². The fourth-order valence-corrected chi connectivity index (χ4v) is 5.44. The Morgan fingerprint density at radius 2 is 1.78 bits per heavy atom. The van der Waals surface area contributed by atoms with Crippen LogP contribution in [0.3, 0.4) is 0 Å². The van der Waals surface area contributed by atoms with Gasteiger partial charge in [-0.3, -0.25) is 14.5 Å². The number of benzene rings is 3. The molecule has 1 fully saturated rings. The number of amides is 2. The molecule has 0 aromatic heterocycles. The quantitative estimate of drug-likeness (QED) is 0.283. The minimum absolute atomic E-state index is 0.103. The maximum atomic E-state index is 13.7. The van der Waals surface area contributed by atoms with Crippen molar-refractivity contribution in [3.05, 3.63) is 106 Å². The first-order chi connectivity index (χ1) is 17.9. The second kappa shape index (κ2) is 12.0. The van der Waals surface area contributed by atoms with Gasteiger partial charge >= 0.3 is 0 Å². The second-order valence-electron chi connectivity index (χ2n) is 8.44. The zero-order valence-corrected chi connectivity index (χ0v) is 22.1. The van der Waals surface area contributed by atoms with Crippen LogP contribution in [0.25, 0.3) is 0 Å². The number of nitrogens with one attached hydrogen (secondary N) is 1. The van der Waals surface area contributed by atoms with Gasteiger partial charge in [0.1, 0.15) is 22.4 Å². The maximum Gasteiger partial charge on any atom is 0.265 e. The summed E-state index contributed by atoms with van der Waals surface area (Å²) in [6, 6.07) is 25.6. The molecule has 1 saturated heterocycles. The number of ether oxygens (including phenoxy) is 1. The molecule has 0 radical (unpaired) electrons. The number of halogens is 1. The Morgan fingerprint density at radius 3 is 2.41 bits per heavy atom. The van der Waals surface area contributed by atoms with Crippen molar-refractivity contribution >= 4 is 40.9 Å². The van der Waals surface area contributed by atoms with E-state index < -0.39 is 11.2 Å². The van der Waals surface area contributed by atoms with E-state index in [1.165, 1.54) is 16.7 Å². The highest BCUT2D eigenvalue weighted by atomic mass is 35.5. The molecular weight excluding hydrogens is 506 g/mol. The number of rotatable bonds is 8. The van der Waals surface area contributed by atoms with Crippen molar-refractivity contribution in [2.75, 3.05) is 11.5 Å². The van der Waals surface area contributed by atoms with Gasteiger partial charge < -0.3 is 10.1 Å². The summed E-state index contributed by atoms with van der Waals surface area (Å²) >= 11 is 7.25. The molecule has 1 N–H and O–H groups in total. The molecule has 2 unspecified atom stereocenters. The average molecular weight is 532 g/mol. The first kappa shape index (κ1) is 26.3. The summed E-state index contributed by atoms with van der Waals surface area (Å²) in [4.78, 5) is 28.4. The first-order valence-corrected chi connectivity index (χ1v) is 13.1. The zero-order chi connectivity index (χ0) is 26.4. The third kappa shape index (κ3) is 6.16. The Balaban J connectivity index is 1.69. The number of hydrogen-bond acceptors (Lipinski definition) is 5. The standard InChI is InChI=1S/C29H26ClN3O3S/c1-3-36-24-15-13-23(14-16-24)33-28(35)26(17-20-9-11-22(30)12-10-20)37-29(33)25(18-31)27(34)32-19(2)21-7-5-4-6-8-21/h4-16,19,26H,3,17H2,1-2H3,(H,32,34)/b29-25-. The smallest absolute Gasteiger partial charge is 0.265 e. The first-order valence-electron chi connectivity index (χ1n) is 11.9. The molecule has 2 amide bonds. The van der Waals surface area contributed by atoms with Crippen LogP contribution < -0.4 is 15.0 Å². The van der Waals surface area contributed by atoms with E-state index >= 15 is 0 Å². The van der Waals surface area contributed by atoms with Crippen LogP contribution in [0.15, 0.2) is 89.5 Å². The maximum absolute atomic E-state index is 13.7. The van der Waals surface area contributed by atoms with Gasteiger partial charge in [-0.25, -0.2) is 0 Å². The predicted octanol–water partition coefficient (Wildman–Crippen LogP) is 6.04. The SMILES string of the molecule is CCOc1ccc(N2C(=O)C(Cc3ccc(Cl)cc3)S/C2=C(/C#N)C(=O)NC(C)c2ccccc2)cc1. The summed E-state index contributed by atoms with van der Waals surface area (Å²) in [7, 11) is 0. The molecule has 3 aromatic carbocycles. The van der Waals surface area contributed by atoms with E-state index in [1.54, 1.807) is 36.4 Å². The molecule has 188 valence electrons. The minimum Gasteiger partial charge on any atom is -0.494 e. The molecule has 0 saturated carbocycles. The number of nitriles is 1. The molecule has 6 nitrogen and oxygen atoms in total. The lowest BCUT2D eigenvalue weighted by molar-refractivity contribution is -0.117. The number of thioether (sulfide) groups is 1. The number of anilines is 1. The van der Waals surface area contributed by atoms with Gasteiger partial charge in [-0.05, 0) is 67.8 Å². The van der Waals surface area contributed by atoms with Crippen LogP contribution in [0.2, 0.25) is 5.02 Å². The molecule has 3 aromatic rings. The normalized spacial score (nSPS) is 17.2. The molecule has 1 heterocycles. The zero-order valence-electron chi connectivity index (χ0n) is 20.5. The highest BCUT2D eigenvalue weighted by Gasteiger charge is 2.41. The molecule has 1 aliphatic heterocycles. The third-order valence-corrected chi connectivity index (χ3v) is 7.41. The molecule has 4 rings (SSSR count). The summed E-state index contributed by atoms with van der Waals surface area (Å²) in [6.45, 7) is 4.27. The van der Waals surface area contributed by atoms with Crippen molar-refractivity contribution in [2.45, 2.75) is 31.6 Å². The van der Waals surface area contributed by atoms with Crippen LogP contribution in [0.4, 0.5) is 5.69 Å². The van der Waals surface area contributed by atoms with Gasteiger partial charge in [0.2, 0.25) is 5.91 Å². The van der Waals surface area contributed by atoms with E-state index in [4.69, 9.17) is 16.3 Å². The van der Waals surface area contributed by atoms with E-state index in [2.05, 4.69) is 11.4 Å². The molecular formula is C29H26ClN3O3S. The van der Waals surface area contributed by atoms with E-state index in [-0.39, 0.29) is 17.5 Å². The summed E-state index contributed by atoms with van der Waals surface area (Å²) in [5, 5.41) is 13.4. The minimum atomic E-state index is -0.530. The molecule has 8 heteroatoms. The number of carbonyl (C=O) groups excluding carboxylic acids is 2. The molecule has 0 spiro atoms. The van der Waals surface area contributed by atoms with E-state index in [0.717, 1.165) is 11.1 Å². The van der Waals surface area contributed by atoms with Gasteiger partial charge in [0, 0.05) is 10.7 Å². The molecule has 37 heavy (non-hydrogen) atoms. The lowest BCUT2D eigenvalue weighted by atomic mass is 10.1. The van der Waals surface area contributed by atoms with Gasteiger partial charge in [0.25, 0.3) is 5.91 Å². The number of carbonyl (C=O) groups is 2. The van der Waals surface area contributed by atoms with Crippen molar-refractivity contribution in [3.63, 3.8) is 0 Å². The Hall–Kier alpha value is -3.73. The van der Waals surface area contributed by atoms with Crippen LogP contribution in [0.1, 0.15) is 31.0 Å². The van der Waals surface area contributed by atoms with Crippen molar-refractivity contribution in [2.24, 2.45) is 0 Å². The Morgan fingerprint density at radius 1 is 1.11 bits per heavy atom. The lowest BCUT2D eigenvalue weighted by Gasteiger charge is -2.20. The van der Waals surface area contributed by atoms with E-state index in [0.29, 0.717) is 34.5 Å². The summed E-state index contributed by atoms with van der Waals surface area (Å²) in [5.41, 5.74) is 2.31. The monoisotopic (exact) mass is 531 g/mol. The number of nitrogens with zero attached hydrogens (tertiary/aromatic N) is 2. The van der Waals surface area contributed by atoms with Gasteiger partial charge in [-0.15, -0.1) is 0 Å². The fraction of sp³-hybridized carbons (Fsp3) is 0.207. The summed E-state index contributed by atoms with van der Waals surface area (Å²) in [6.07, 6.45) is 0.429. The fourth-order valence-electron chi connectivity index (χ4n) is 4.01. The van der Waals surface area contributed by atoms with Gasteiger partial charge in [0.15, 0.2) is 0 Å². The molecule has 2 atom stereocenters. The van der Waals surface area contributed by atoms with E-state index in [1.807, 2.05) is 56.3 Å². The van der Waals surface area contributed by atoms with Gasteiger partial charge in [0.05, 0.1) is 17.9 Å². The van der Waals surface area contributed by atoms with Gasteiger partial charge in [-0.2, -0.15) is 5.26 Å². The topological polar surface area (TPSA) is 82.4 Å². The third-order valence-electron chi connectivity index (χ3n) is 5.89. The number of hydrogen-bond donors (Lipinski definition) is 1. The molecule has 0 bridgehead atoms. The van der Waals surface area contributed by atoms with Crippen LogP contribution in [-0.4, -0.2) is 23.7 Å². The predicted molar refractivity (Wildman–Crippen MR) is 147 cm³/mol. The van der Waals surface area contributed by atoms with Crippen molar-refractivity contribution in [1.29, 1.82) is 5.26 Å². The highest BCUT2D eigenvalue weighted by molar-refractivity contribution is 8.05. The Labute approximate surface area is 225 Å². The van der Waals surface area contributed by atoms with Crippen LogP contribution in [0, 0.1) is 11.3 Å². The van der Waals surface area contributed by atoms with Crippen molar-refractivity contribution in [3.8, 4) is 11.8 Å². The lowest BCUT2D eigenvalue weighted by Crippen LogP contribution is -2.32. The van der Waals surface area contributed by atoms with Crippen molar-refractivity contribution < 1.29 is 14.3 Å². The highest BCUT2D eigenvalue weighted by Crippen LogP contribution is 2.42. The summed E-state index contributed by atoms with van der Waals surface area (Å²) < 4.78 is 5.53. The molecule has 0 aliphatic carbocycles. The van der Waals surface area contributed by atoms with Gasteiger partial charge in [-0.1, -0.05) is 65.8 Å². The Kier molecular flexibility index (Phi) is 8.54.